The molecule has 0 aliphatic carbocycles. The number of amides is 1. The van der Waals surface area contributed by atoms with Gasteiger partial charge in [-0.2, -0.15) is 0 Å². The van der Waals surface area contributed by atoms with Crippen LogP contribution in [0.3, 0.4) is 0 Å². The molecule has 0 saturated heterocycles. The molecular weight excluding hydrogens is 242 g/mol. The Labute approximate surface area is 111 Å². The predicted molar refractivity (Wildman–Crippen MR) is 75.0 cm³/mol. The SMILES string of the molecule is CN(C)c1cccc(Cn2cnc(N)c2C(N)=O)c1. The Morgan fingerprint density at radius 1 is 1.42 bits per heavy atom. The van der Waals surface area contributed by atoms with Gasteiger partial charge >= 0.3 is 0 Å². The molecule has 19 heavy (non-hydrogen) atoms. The molecule has 1 aromatic heterocycles. The first-order valence-electron chi connectivity index (χ1n) is 5.85. The normalized spacial score (nSPS) is 10.4. The van der Waals surface area contributed by atoms with Crippen molar-refractivity contribution in [2.24, 2.45) is 5.73 Å². The fraction of sp³-hybridized carbons (Fsp3) is 0.231. The Morgan fingerprint density at radius 3 is 2.79 bits per heavy atom. The molecule has 0 spiro atoms. The largest absolute Gasteiger partial charge is 0.382 e. The molecule has 1 amide bonds. The number of anilines is 2. The molecule has 0 unspecified atom stereocenters. The molecule has 0 radical (unpaired) electrons. The number of nitrogens with zero attached hydrogens (tertiary/aromatic N) is 3. The van der Waals surface area contributed by atoms with Gasteiger partial charge in [-0.05, 0) is 17.7 Å². The second-order valence-corrected chi connectivity index (χ2v) is 4.53. The molecule has 4 N–H and O–H groups in total. The van der Waals surface area contributed by atoms with Crippen molar-refractivity contribution in [2.75, 3.05) is 24.7 Å². The number of imidazole rings is 1. The maximum atomic E-state index is 11.3. The van der Waals surface area contributed by atoms with Gasteiger partial charge in [0.2, 0.25) is 0 Å². The Morgan fingerprint density at radius 2 is 2.16 bits per heavy atom. The van der Waals surface area contributed by atoms with Gasteiger partial charge in [-0.25, -0.2) is 4.98 Å². The molecule has 0 aliphatic rings. The van der Waals surface area contributed by atoms with Crippen LogP contribution in [0.2, 0.25) is 0 Å². The van der Waals surface area contributed by atoms with Gasteiger partial charge in [0.15, 0.2) is 11.5 Å². The van der Waals surface area contributed by atoms with Crippen LogP contribution in [-0.2, 0) is 6.54 Å². The molecule has 0 saturated carbocycles. The Bertz CT molecular complexity index is 603. The van der Waals surface area contributed by atoms with Crippen LogP contribution in [-0.4, -0.2) is 29.6 Å². The first kappa shape index (κ1) is 12.9. The van der Waals surface area contributed by atoms with E-state index in [1.54, 1.807) is 4.57 Å². The van der Waals surface area contributed by atoms with Crippen molar-refractivity contribution in [2.45, 2.75) is 6.54 Å². The summed E-state index contributed by atoms with van der Waals surface area (Å²) in [6.45, 7) is 0.504. The van der Waals surface area contributed by atoms with Gasteiger partial charge in [0.25, 0.3) is 5.91 Å². The third kappa shape index (κ3) is 2.67. The quantitative estimate of drug-likeness (QED) is 0.844. The minimum atomic E-state index is -0.571. The smallest absolute Gasteiger partial charge is 0.269 e. The van der Waals surface area contributed by atoms with E-state index < -0.39 is 5.91 Å². The second-order valence-electron chi connectivity index (χ2n) is 4.53. The lowest BCUT2D eigenvalue weighted by atomic mass is 10.2. The number of hydrogen-bond acceptors (Lipinski definition) is 4. The molecule has 1 heterocycles. The van der Waals surface area contributed by atoms with Crippen LogP contribution in [0.1, 0.15) is 16.1 Å². The van der Waals surface area contributed by atoms with E-state index in [0.29, 0.717) is 6.54 Å². The molecule has 1 aromatic carbocycles. The summed E-state index contributed by atoms with van der Waals surface area (Å²) >= 11 is 0. The van der Waals surface area contributed by atoms with Crippen LogP contribution in [0.25, 0.3) is 0 Å². The van der Waals surface area contributed by atoms with Crippen molar-refractivity contribution >= 4 is 17.4 Å². The Kier molecular flexibility index (Phi) is 3.41. The van der Waals surface area contributed by atoms with E-state index in [1.165, 1.54) is 6.33 Å². The van der Waals surface area contributed by atoms with Crippen molar-refractivity contribution in [1.82, 2.24) is 9.55 Å². The molecule has 0 fully saturated rings. The third-order valence-electron chi connectivity index (χ3n) is 2.88. The highest BCUT2D eigenvalue weighted by Gasteiger charge is 2.14. The number of primary amides is 1. The number of aromatic nitrogens is 2. The summed E-state index contributed by atoms with van der Waals surface area (Å²) in [5.41, 5.74) is 13.3. The predicted octanol–water partition coefficient (Wildman–Crippen LogP) is 0.678. The molecular formula is C13H17N5O. The molecule has 2 rings (SSSR count). The summed E-state index contributed by atoms with van der Waals surface area (Å²) in [7, 11) is 3.95. The number of benzene rings is 1. The average Bonchev–Trinajstić information content (AvgIpc) is 2.70. The van der Waals surface area contributed by atoms with Crippen molar-refractivity contribution in [3.63, 3.8) is 0 Å². The molecule has 0 aliphatic heterocycles. The minimum Gasteiger partial charge on any atom is -0.382 e. The van der Waals surface area contributed by atoms with Crippen LogP contribution < -0.4 is 16.4 Å². The number of nitrogens with two attached hydrogens (primary N) is 2. The van der Waals surface area contributed by atoms with Gasteiger partial charge in [-0.1, -0.05) is 12.1 Å². The lowest BCUT2D eigenvalue weighted by Crippen LogP contribution is -2.18. The number of nitrogen functional groups attached to an aromatic ring is 1. The fourth-order valence-electron chi connectivity index (χ4n) is 1.92. The zero-order valence-corrected chi connectivity index (χ0v) is 11.0. The van der Waals surface area contributed by atoms with Crippen molar-refractivity contribution in [1.29, 1.82) is 0 Å². The highest BCUT2D eigenvalue weighted by molar-refractivity contribution is 5.95. The van der Waals surface area contributed by atoms with Crippen molar-refractivity contribution < 1.29 is 4.79 Å². The monoisotopic (exact) mass is 259 g/mol. The lowest BCUT2D eigenvalue weighted by Gasteiger charge is -2.14. The lowest BCUT2D eigenvalue weighted by molar-refractivity contribution is 0.0993. The zero-order valence-electron chi connectivity index (χ0n) is 11.0. The molecule has 6 nitrogen and oxygen atoms in total. The van der Waals surface area contributed by atoms with Crippen LogP contribution in [0.4, 0.5) is 11.5 Å². The average molecular weight is 259 g/mol. The third-order valence-corrected chi connectivity index (χ3v) is 2.88. The van der Waals surface area contributed by atoms with Gasteiger partial charge in [0, 0.05) is 26.3 Å². The van der Waals surface area contributed by atoms with E-state index >= 15 is 0 Å². The summed E-state index contributed by atoms with van der Waals surface area (Å²) in [5, 5.41) is 0. The van der Waals surface area contributed by atoms with Gasteiger partial charge in [0.1, 0.15) is 0 Å². The number of carbonyl (C=O) groups excluding carboxylic acids is 1. The first-order chi connectivity index (χ1) is 8.99. The van der Waals surface area contributed by atoms with E-state index in [4.69, 9.17) is 11.5 Å². The molecule has 100 valence electrons. The summed E-state index contributed by atoms with van der Waals surface area (Å²) in [4.78, 5) is 17.3. The van der Waals surface area contributed by atoms with Crippen LogP contribution >= 0.6 is 0 Å². The van der Waals surface area contributed by atoms with E-state index in [9.17, 15) is 4.79 Å². The van der Waals surface area contributed by atoms with Gasteiger partial charge < -0.3 is 20.9 Å². The highest BCUT2D eigenvalue weighted by Crippen LogP contribution is 2.16. The number of carbonyl (C=O) groups is 1. The maximum Gasteiger partial charge on any atom is 0.269 e. The van der Waals surface area contributed by atoms with E-state index in [-0.39, 0.29) is 11.5 Å². The van der Waals surface area contributed by atoms with E-state index in [2.05, 4.69) is 4.98 Å². The Hall–Kier alpha value is -2.50. The maximum absolute atomic E-state index is 11.3. The van der Waals surface area contributed by atoms with Crippen LogP contribution in [0, 0.1) is 0 Å². The van der Waals surface area contributed by atoms with Crippen LogP contribution in [0.15, 0.2) is 30.6 Å². The van der Waals surface area contributed by atoms with Crippen LogP contribution in [0.5, 0.6) is 0 Å². The van der Waals surface area contributed by atoms with E-state index in [0.717, 1.165) is 11.3 Å². The standard InChI is InChI=1S/C13H17N5O/c1-17(2)10-5-3-4-9(6-10)7-18-8-16-12(14)11(18)13(15)19/h3-6,8H,7,14H2,1-2H3,(H2,15,19). The van der Waals surface area contributed by atoms with E-state index in [1.807, 2.05) is 43.3 Å². The highest BCUT2D eigenvalue weighted by atomic mass is 16.1. The summed E-state index contributed by atoms with van der Waals surface area (Å²) in [5.74, 6) is -0.407. The summed E-state index contributed by atoms with van der Waals surface area (Å²) in [6.07, 6.45) is 1.53. The van der Waals surface area contributed by atoms with Gasteiger partial charge in [-0.15, -0.1) is 0 Å². The molecule has 6 heteroatoms. The molecule has 0 bridgehead atoms. The fourth-order valence-corrected chi connectivity index (χ4v) is 1.92. The van der Waals surface area contributed by atoms with Crippen molar-refractivity contribution in [3.8, 4) is 0 Å². The molecule has 0 atom stereocenters. The topological polar surface area (TPSA) is 90.2 Å². The second kappa shape index (κ2) is 5.01. The number of hydrogen-bond donors (Lipinski definition) is 2. The molecule has 2 aromatic rings. The van der Waals surface area contributed by atoms with Gasteiger partial charge in [0.05, 0.1) is 6.33 Å². The summed E-state index contributed by atoms with van der Waals surface area (Å²) < 4.78 is 1.66. The summed E-state index contributed by atoms with van der Waals surface area (Å²) in [6, 6.07) is 8.00. The number of rotatable bonds is 4. The van der Waals surface area contributed by atoms with Crippen molar-refractivity contribution in [3.05, 3.63) is 41.9 Å². The Balaban J connectivity index is 2.31. The minimum absolute atomic E-state index is 0.163. The zero-order chi connectivity index (χ0) is 14.0. The van der Waals surface area contributed by atoms with Gasteiger partial charge in [-0.3, -0.25) is 4.79 Å². The first-order valence-corrected chi connectivity index (χ1v) is 5.85.